The topological polar surface area (TPSA) is 60.2 Å². The lowest BCUT2D eigenvalue weighted by Crippen LogP contribution is -2.30. The number of methoxy groups -OCH3 is 1. The van der Waals surface area contributed by atoms with Gasteiger partial charge in [-0.05, 0) is 43.0 Å². The first kappa shape index (κ1) is 14.5. The van der Waals surface area contributed by atoms with E-state index in [1.54, 1.807) is 13.3 Å². The summed E-state index contributed by atoms with van der Waals surface area (Å²) < 4.78 is 5.30. The number of nitrogens with one attached hydrogen (secondary N) is 1. The summed E-state index contributed by atoms with van der Waals surface area (Å²) in [7, 11) is 1.62. The lowest BCUT2D eigenvalue weighted by atomic mass is 9.97. The third kappa shape index (κ3) is 3.15. The molecule has 0 radical (unpaired) electrons. The number of aromatic nitrogens is 1. The van der Waals surface area contributed by atoms with Crippen molar-refractivity contribution < 1.29 is 4.74 Å². The fourth-order valence-corrected chi connectivity index (χ4v) is 2.26. The van der Waals surface area contributed by atoms with E-state index in [2.05, 4.69) is 42.5 Å². The lowest BCUT2D eigenvalue weighted by molar-refractivity contribution is 0.382. The van der Waals surface area contributed by atoms with Crippen LogP contribution < -0.4 is 16.0 Å². The summed E-state index contributed by atoms with van der Waals surface area (Å²) in [5.41, 5.74) is 7.65. The first-order chi connectivity index (χ1) is 9.65. The molecule has 0 aliphatic carbocycles. The highest BCUT2D eigenvalue weighted by molar-refractivity contribution is 5.34. The zero-order valence-electron chi connectivity index (χ0n) is 12.2. The Bertz CT molecular complexity index is 584. The Hall–Kier alpha value is -1.91. The van der Waals surface area contributed by atoms with Crippen molar-refractivity contribution in [2.45, 2.75) is 26.3 Å². The van der Waals surface area contributed by atoms with Gasteiger partial charge in [0.15, 0.2) is 0 Å². The zero-order valence-corrected chi connectivity index (χ0v) is 12.2. The van der Waals surface area contributed by atoms with Gasteiger partial charge in [-0.15, -0.1) is 0 Å². The van der Waals surface area contributed by atoms with E-state index in [0.717, 1.165) is 12.0 Å². The molecule has 106 valence electrons. The number of hydrogen-bond donors (Lipinski definition) is 2. The van der Waals surface area contributed by atoms with Gasteiger partial charge < -0.3 is 4.74 Å². The number of ether oxygens (including phenoxy) is 1. The van der Waals surface area contributed by atoms with Gasteiger partial charge in [-0.3, -0.25) is 11.3 Å². The second-order valence-electron chi connectivity index (χ2n) is 4.94. The molecule has 1 aromatic heterocycles. The number of nitrogens with two attached hydrogens (primary N) is 1. The predicted octanol–water partition coefficient (Wildman–Crippen LogP) is 2.45. The molecule has 0 saturated heterocycles. The molecule has 2 aromatic rings. The Labute approximate surface area is 120 Å². The van der Waals surface area contributed by atoms with Gasteiger partial charge >= 0.3 is 0 Å². The molecule has 4 nitrogen and oxygen atoms in total. The van der Waals surface area contributed by atoms with E-state index in [9.17, 15) is 0 Å². The van der Waals surface area contributed by atoms with E-state index in [4.69, 9.17) is 10.6 Å². The van der Waals surface area contributed by atoms with Gasteiger partial charge in [-0.2, -0.15) is 0 Å². The van der Waals surface area contributed by atoms with E-state index < -0.39 is 0 Å². The highest BCUT2D eigenvalue weighted by Crippen LogP contribution is 2.25. The molecule has 3 N–H and O–H groups in total. The van der Waals surface area contributed by atoms with Gasteiger partial charge in [0.1, 0.15) is 0 Å². The zero-order chi connectivity index (χ0) is 14.5. The quantitative estimate of drug-likeness (QED) is 0.648. The Morgan fingerprint density at radius 2 is 2.05 bits per heavy atom. The molecular weight excluding hydrogens is 250 g/mol. The first-order valence-corrected chi connectivity index (χ1v) is 6.67. The van der Waals surface area contributed by atoms with Crippen LogP contribution in [0.5, 0.6) is 5.88 Å². The second kappa shape index (κ2) is 6.50. The Morgan fingerprint density at radius 1 is 1.25 bits per heavy atom. The molecule has 0 bridgehead atoms. The van der Waals surface area contributed by atoms with Gasteiger partial charge in [-0.1, -0.05) is 24.3 Å². The fraction of sp³-hybridized carbons (Fsp3) is 0.312. The molecule has 2 rings (SSSR count). The maximum atomic E-state index is 5.71. The van der Waals surface area contributed by atoms with Crippen molar-refractivity contribution in [2.24, 2.45) is 5.84 Å². The fourth-order valence-electron chi connectivity index (χ4n) is 2.26. The number of hydrogen-bond acceptors (Lipinski definition) is 4. The van der Waals surface area contributed by atoms with E-state index >= 15 is 0 Å². The average Bonchev–Trinajstić information content (AvgIpc) is 2.48. The van der Waals surface area contributed by atoms with E-state index in [-0.39, 0.29) is 6.04 Å². The van der Waals surface area contributed by atoms with Crippen LogP contribution in [0.4, 0.5) is 0 Å². The summed E-state index contributed by atoms with van der Waals surface area (Å²) >= 11 is 0. The highest BCUT2D eigenvalue weighted by atomic mass is 16.5. The van der Waals surface area contributed by atoms with Crippen LogP contribution in [0.15, 0.2) is 36.5 Å². The standard InChI is InChI=1S/C16H21N3O/c1-11-6-7-13(9-12(11)2)10-15(19-17)14-5-4-8-18-16(14)20-3/h4-9,15,19H,10,17H2,1-3H3. The SMILES string of the molecule is COc1ncccc1C(Cc1ccc(C)c(C)c1)NN. The van der Waals surface area contributed by atoms with E-state index in [1.165, 1.54) is 16.7 Å². The number of pyridine rings is 1. The van der Waals surface area contributed by atoms with Crippen LogP contribution in [0.25, 0.3) is 0 Å². The van der Waals surface area contributed by atoms with Crippen LogP contribution in [-0.2, 0) is 6.42 Å². The minimum Gasteiger partial charge on any atom is -0.481 e. The average molecular weight is 271 g/mol. The summed E-state index contributed by atoms with van der Waals surface area (Å²) in [4.78, 5) is 4.22. The predicted molar refractivity (Wildman–Crippen MR) is 80.5 cm³/mol. The van der Waals surface area contributed by atoms with Crippen LogP contribution >= 0.6 is 0 Å². The summed E-state index contributed by atoms with van der Waals surface area (Å²) in [6.45, 7) is 4.23. The summed E-state index contributed by atoms with van der Waals surface area (Å²) in [5.74, 6) is 6.32. The Kier molecular flexibility index (Phi) is 4.71. The number of rotatable bonds is 5. The molecule has 0 fully saturated rings. The largest absolute Gasteiger partial charge is 0.481 e. The molecule has 0 amide bonds. The maximum absolute atomic E-state index is 5.71. The number of benzene rings is 1. The molecule has 20 heavy (non-hydrogen) atoms. The normalized spacial score (nSPS) is 12.2. The molecule has 1 aromatic carbocycles. The molecule has 0 aliphatic heterocycles. The molecule has 1 atom stereocenters. The van der Waals surface area contributed by atoms with Gasteiger partial charge in [0, 0.05) is 11.8 Å². The lowest BCUT2D eigenvalue weighted by Gasteiger charge is -2.18. The van der Waals surface area contributed by atoms with Crippen LogP contribution in [0.2, 0.25) is 0 Å². The third-order valence-corrected chi connectivity index (χ3v) is 3.58. The molecule has 0 aliphatic rings. The molecule has 0 spiro atoms. The molecule has 1 unspecified atom stereocenters. The van der Waals surface area contributed by atoms with Crippen LogP contribution in [0.1, 0.15) is 28.3 Å². The smallest absolute Gasteiger partial charge is 0.217 e. The highest BCUT2D eigenvalue weighted by Gasteiger charge is 2.16. The molecule has 1 heterocycles. The van der Waals surface area contributed by atoms with Crippen molar-refractivity contribution in [3.63, 3.8) is 0 Å². The number of aryl methyl sites for hydroxylation is 2. The minimum absolute atomic E-state index is 0.0271. The molecule has 0 saturated carbocycles. The van der Waals surface area contributed by atoms with Crippen LogP contribution in [-0.4, -0.2) is 12.1 Å². The molecular formula is C16H21N3O. The van der Waals surface area contributed by atoms with Crippen molar-refractivity contribution in [1.29, 1.82) is 0 Å². The van der Waals surface area contributed by atoms with Crippen molar-refractivity contribution in [3.05, 3.63) is 58.8 Å². The van der Waals surface area contributed by atoms with Crippen LogP contribution in [0.3, 0.4) is 0 Å². The summed E-state index contributed by atoms with van der Waals surface area (Å²) in [6.07, 6.45) is 2.51. The Morgan fingerprint density at radius 3 is 2.70 bits per heavy atom. The number of hydrazine groups is 1. The van der Waals surface area contributed by atoms with Crippen molar-refractivity contribution in [2.75, 3.05) is 7.11 Å². The summed E-state index contributed by atoms with van der Waals surface area (Å²) in [6, 6.07) is 10.3. The van der Waals surface area contributed by atoms with E-state index in [1.807, 2.05) is 12.1 Å². The van der Waals surface area contributed by atoms with Crippen molar-refractivity contribution in [1.82, 2.24) is 10.4 Å². The second-order valence-corrected chi connectivity index (χ2v) is 4.94. The maximum Gasteiger partial charge on any atom is 0.217 e. The monoisotopic (exact) mass is 271 g/mol. The third-order valence-electron chi connectivity index (χ3n) is 3.58. The van der Waals surface area contributed by atoms with Crippen molar-refractivity contribution in [3.8, 4) is 5.88 Å². The van der Waals surface area contributed by atoms with E-state index in [0.29, 0.717) is 5.88 Å². The summed E-state index contributed by atoms with van der Waals surface area (Å²) in [5, 5.41) is 0. The first-order valence-electron chi connectivity index (χ1n) is 6.67. The molecule has 4 heteroatoms. The number of nitrogens with zero attached hydrogens (tertiary/aromatic N) is 1. The van der Waals surface area contributed by atoms with Gasteiger partial charge in [0.2, 0.25) is 5.88 Å². The van der Waals surface area contributed by atoms with Gasteiger partial charge in [0.05, 0.1) is 13.2 Å². The Balaban J connectivity index is 2.26. The van der Waals surface area contributed by atoms with Gasteiger partial charge in [-0.25, -0.2) is 4.98 Å². The van der Waals surface area contributed by atoms with Crippen molar-refractivity contribution >= 4 is 0 Å². The minimum atomic E-state index is -0.0271. The van der Waals surface area contributed by atoms with Gasteiger partial charge in [0.25, 0.3) is 0 Å². The van der Waals surface area contributed by atoms with Crippen LogP contribution in [0, 0.1) is 13.8 Å².